The first-order valence-corrected chi connectivity index (χ1v) is 8.01. The topological polar surface area (TPSA) is 83.0 Å². The summed E-state index contributed by atoms with van der Waals surface area (Å²) in [6.45, 7) is 1.10. The van der Waals surface area contributed by atoms with Crippen LogP contribution in [0.4, 0.5) is 0 Å². The Morgan fingerprint density at radius 3 is 2.64 bits per heavy atom. The fraction of sp³-hybridized carbons (Fsp3) is 0.158. The van der Waals surface area contributed by atoms with Crippen molar-refractivity contribution in [2.75, 3.05) is 13.2 Å². The second-order valence-corrected chi connectivity index (χ2v) is 5.46. The van der Waals surface area contributed by atoms with Crippen molar-refractivity contribution < 1.29 is 14.7 Å². The summed E-state index contributed by atoms with van der Waals surface area (Å²) in [5.74, 6) is 0.720. The number of oxime groups is 1. The minimum Gasteiger partial charge on any atom is -0.490 e. The number of carbonyl (C=O) groups is 1. The number of amides is 1. The molecule has 1 amide bonds. The molecule has 3 N–H and O–H groups in total. The van der Waals surface area contributed by atoms with Crippen molar-refractivity contribution in [2.45, 2.75) is 6.42 Å². The molecule has 0 unspecified atom stereocenters. The number of nitrogens with one attached hydrogen (secondary N) is 2. The third-order valence-electron chi connectivity index (χ3n) is 3.93. The van der Waals surface area contributed by atoms with E-state index in [-0.39, 0.29) is 0 Å². The van der Waals surface area contributed by atoms with Crippen LogP contribution in [0.15, 0.2) is 59.8 Å². The van der Waals surface area contributed by atoms with Crippen LogP contribution in [0, 0.1) is 0 Å². The quantitative estimate of drug-likeness (QED) is 0.194. The molecule has 0 saturated heterocycles. The molecule has 0 aliphatic heterocycles. The average Bonchev–Trinajstić information content (AvgIpc) is 2.97. The van der Waals surface area contributed by atoms with Gasteiger partial charge in [-0.05, 0) is 35.7 Å². The molecule has 128 valence electrons. The maximum Gasteiger partial charge on any atom is 0.221 e. The Morgan fingerprint density at radius 2 is 1.84 bits per heavy atom. The van der Waals surface area contributed by atoms with Gasteiger partial charge in [0.1, 0.15) is 18.1 Å². The van der Waals surface area contributed by atoms with Gasteiger partial charge in [-0.1, -0.05) is 41.6 Å². The number of hydrogen-bond acceptors (Lipinski definition) is 5. The van der Waals surface area contributed by atoms with Crippen LogP contribution in [0.25, 0.3) is 11.1 Å². The molecule has 0 atom stereocenters. The van der Waals surface area contributed by atoms with Crippen molar-refractivity contribution in [3.05, 3.63) is 65.7 Å². The van der Waals surface area contributed by atoms with Crippen LogP contribution in [-0.2, 0) is 4.79 Å². The first-order chi connectivity index (χ1) is 12.3. The lowest BCUT2D eigenvalue weighted by Gasteiger charge is -2.06. The zero-order valence-electron chi connectivity index (χ0n) is 13.6. The SMILES string of the molecule is O=CNNCC/C=C/COc1ccc2c(c1)/C(=N\O)c1ccccc1-2. The molecule has 0 fully saturated rings. The molecule has 6 nitrogen and oxygen atoms in total. The van der Waals surface area contributed by atoms with Crippen LogP contribution in [-0.4, -0.2) is 30.5 Å². The van der Waals surface area contributed by atoms with E-state index >= 15 is 0 Å². The highest BCUT2D eigenvalue weighted by atomic mass is 16.5. The molecular weight excluding hydrogens is 318 g/mol. The molecule has 3 rings (SSSR count). The highest BCUT2D eigenvalue weighted by Crippen LogP contribution is 2.38. The molecule has 0 bridgehead atoms. The van der Waals surface area contributed by atoms with Gasteiger partial charge >= 0.3 is 0 Å². The van der Waals surface area contributed by atoms with E-state index in [1.54, 1.807) is 0 Å². The Kier molecular flexibility index (Phi) is 5.43. The number of ether oxygens (including phenoxy) is 1. The summed E-state index contributed by atoms with van der Waals surface area (Å²) in [4.78, 5) is 10.1. The van der Waals surface area contributed by atoms with Gasteiger partial charge < -0.3 is 9.94 Å². The minimum atomic E-state index is 0.443. The third-order valence-corrected chi connectivity index (χ3v) is 3.93. The van der Waals surface area contributed by atoms with Gasteiger partial charge in [0.25, 0.3) is 0 Å². The Hall–Kier alpha value is -3.12. The van der Waals surface area contributed by atoms with Gasteiger partial charge in [0.15, 0.2) is 0 Å². The second kappa shape index (κ2) is 8.12. The summed E-state index contributed by atoms with van der Waals surface area (Å²) in [5, 5.41) is 12.9. The molecule has 0 radical (unpaired) electrons. The zero-order chi connectivity index (χ0) is 17.5. The van der Waals surface area contributed by atoms with Gasteiger partial charge in [-0.2, -0.15) is 0 Å². The van der Waals surface area contributed by atoms with Gasteiger partial charge in [-0.25, -0.2) is 5.43 Å². The monoisotopic (exact) mass is 337 g/mol. The molecule has 0 aromatic heterocycles. The molecular formula is C19H19N3O3. The van der Waals surface area contributed by atoms with E-state index in [9.17, 15) is 10.0 Å². The fourth-order valence-electron chi connectivity index (χ4n) is 2.82. The van der Waals surface area contributed by atoms with E-state index in [4.69, 9.17) is 4.74 Å². The largest absolute Gasteiger partial charge is 0.490 e. The normalized spacial score (nSPS) is 13.7. The number of nitrogens with zero attached hydrogens (tertiary/aromatic N) is 1. The molecule has 1 aliphatic carbocycles. The van der Waals surface area contributed by atoms with Crippen LogP contribution in [0.3, 0.4) is 0 Å². The van der Waals surface area contributed by atoms with E-state index in [2.05, 4.69) is 16.0 Å². The van der Waals surface area contributed by atoms with Crippen LogP contribution in [0.1, 0.15) is 17.5 Å². The van der Waals surface area contributed by atoms with E-state index in [0.29, 0.717) is 25.3 Å². The van der Waals surface area contributed by atoms with E-state index in [1.807, 2.05) is 54.6 Å². The van der Waals surface area contributed by atoms with Crippen molar-refractivity contribution in [3.63, 3.8) is 0 Å². The standard InChI is InChI=1S/C19H19N3O3/c23-13-21-20-10-4-1-5-11-25-14-8-9-16-15-6-2-3-7-17(15)19(22-24)18(16)12-14/h1-3,5-9,12-13,20,24H,4,10-11H2,(H,21,23)/b5-1+,22-19-. The predicted molar refractivity (Wildman–Crippen MR) is 95.8 cm³/mol. The molecule has 2 aromatic rings. The Labute approximate surface area is 145 Å². The van der Waals surface area contributed by atoms with Gasteiger partial charge in [0.2, 0.25) is 6.41 Å². The van der Waals surface area contributed by atoms with Crippen molar-refractivity contribution in [3.8, 4) is 16.9 Å². The van der Waals surface area contributed by atoms with Crippen LogP contribution < -0.4 is 15.6 Å². The smallest absolute Gasteiger partial charge is 0.221 e. The van der Waals surface area contributed by atoms with Crippen molar-refractivity contribution in [1.82, 2.24) is 10.9 Å². The average molecular weight is 337 g/mol. The number of hydrogen-bond donors (Lipinski definition) is 3. The minimum absolute atomic E-state index is 0.443. The van der Waals surface area contributed by atoms with Crippen molar-refractivity contribution in [1.29, 1.82) is 0 Å². The van der Waals surface area contributed by atoms with Crippen molar-refractivity contribution in [2.24, 2.45) is 5.16 Å². The van der Waals surface area contributed by atoms with Gasteiger partial charge in [-0.15, -0.1) is 0 Å². The third kappa shape index (κ3) is 3.70. The summed E-state index contributed by atoms with van der Waals surface area (Å²) in [5.41, 5.74) is 9.59. The van der Waals surface area contributed by atoms with E-state index < -0.39 is 0 Å². The number of carbonyl (C=O) groups excluding carboxylic acids is 1. The summed E-state index contributed by atoms with van der Waals surface area (Å²) in [6.07, 6.45) is 5.28. The van der Waals surface area contributed by atoms with Crippen LogP contribution in [0.5, 0.6) is 5.75 Å². The fourth-order valence-corrected chi connectivity index (χ4v) is 2.82. The summed E-state index contributed by atoms with van der Waals surface area (Å²) in [7, 11) is 0. The lowest BCUT2D eigenvalue weighted by atomic mass is 10.1. The number of hydrazine groups is 1. The first-order valence-electron chi connectivity index (χ1n) is 8.01. The highest BCUT2D eigenvalue weighted by molar-refractivity contribution is 6.24. The summed E-state index contributed by atoms with van der Waals surface area (Å²) < 4.78 is 5.74. The van der Waals surface area contributed by atoms with E-state index in [1.165, 1.54) is 0 Å². The second-order valence-electron chi connectivity index (χ2n) is 5.46. The lowest BCUT2D eigenvalue weighted by Crippen LogP contribution is -2.30. The number of fused-ring (bicyclic) bond motifs is 3. The Bertz CT molecular complexity index is 815. The molecule has 25 heavy (non-hydrogen) atoms. The number of rotatable bonds is 8. The summed E-state index contributed by atoms with van der Waals surface area (Å²) in [6, 6.07) is 13.7. The summed E-state index contributed by atoms with van der Waals surface area (Å²) >= 11 is 0. The lowest BCUT2D eigenvalue weighted by molar-refractivity contribution is -0.110. The van der Waals surface area contributed by atoms with Crippen molar-refractivity contribution >= 4 is 12.1 Å². The van der Waals surface area contributed by atoms with Gasteiger partial charge in [0, 0.05) is 17.7 Å². The maximum atomic E-state index is 10.1. The van der Waals surface area contributed by atoms with Crippen LogP contribution >= 0.6 is 0 Å². The van der Waals surface area contributed by atoms with Gasteiger partial charge in [0.05, 0.1) is 0 Å². The Morgan fingerprint density at radius 1 is 1.04 bits per heavy atom. The molecule has 2 aromatic carbocycles. The Balaban J connectivity index is 1.62. The molecule has 1 aliphatic rings. The number of benzene rings is 2. The first kappa shape index (κ1) is 16.7. The molecule has 6 heteroatoms. The molecule has 0 spiro atoms. The van der Waals surface area contributed by atoms with E-state index in [0.717, 1.165) is 34.4 Å². The zero-order valence-corrected chi connectivity index (χ0v) is 13.6. The van der Waals surface area contributed by atoms with Gasteiger partial charge in [-0.3, -0.25) is 10.2 Å². The molecule has 0 heterocycles. The molecule has 0 saturated carbocycles. The maximum absolute atomic E-state index is 10.1. The van der Waals surface area contributed by atoms with Crippen LogP contribution in [0.2, 0.25) is 0 Å². The highest BCUT2D eigenvalue weighted by Gasteiger charge is 2.25. The predicted octanol–water partition coefficient (Wildman–Crippen LogP) is 2.47.